The fourth-order valence-electron chi connectivity index (χ4n) is 10.4. The second-order valence-electron chi connectivity index (χ2n) is 16.0. The summed E-state index contributed by atoms with van der Waals surface area (Å²) in [5.41, 5.74) is 13.8. The van der Waals surface area contributed by atoms with Crippen LogP contribution in [0.2, 0.25) is 0 Å². The van der Waals surface area contributed by atoms with E-state index in [0.29, 0.717) is 0 Å². The number of hydrogen-bond acceptors (Lipinski definition) is 3. The molecule has 60 heavy (non-hydrogen) atoms. The molecule has 0 saturated heterocycles. The van der Waals surface area contributed by atoms with E-state index in [0.717, 1.165) is 88.7 Å². The standard InChI is InChI=1S/C57H35NO2/c1-2-14-36(15-3-1)39-18-12-19-40(34-39)58(51-25-13-27-53-54(51)46-23-9-11-26-52(46)59-53)41-30-31-45-44-22-8-10-24-47(44)57(50(45)35-41)48-32-28-37-16-4-6-20-42(37)55(48)60-56-43-21-7-5-17-38(43)29-33-49(56)57/h1-35H. The molecule has 2 heterocycles. The van der Waals surface area contributed by atoms with Crippen molar-refractivity contribution in [3.8, 4) is 33.8 Å². The Kier molecular flexibility index (Phi) is 6.93. The maximum atomic E-state index is 7.25. The average Bonchev–Trinajstić information content (AvgIpc) is 3.84. The lowest BCUT2D eigenvalue weighted by Gasteiger charge is -2.40. The largest absolute Gasteiger partial charge is 0.456 e. The van der Waals surface area contributed by atoms with Crippen molar-refractivity contribution in [3.63, 3.8) is 0 Å². The van der Waals surface area contributed by atoms with Crippen LogP contribution in [-0.4, -0.2) is 0 Å². The summed E-state index contributed by atoms with van der Waals surface area (Å²) in [6.45, 7) is 0. The molecule has 1 spiro atoms. The van der Waals surface area contributed by atoms with Crippen LogP contribution < -0.4 is 9.64 Å². The van der Waals surface area contributed by atoms with Gasteiger partial charge in [0.15, 0.2) is 0 Å². The second kappa shape index (κ2) is 12.6. The van der Waals surface area contributed by atoms with Crippen LogP contribution in [0.15, 0.2) is 217 Å². The first-order valence-corrected chi connectivity index (χ1v) is 20.6. The Morgan fingerprint density at radius 2 is 0.967 bits per heavy atom. The summed E-state index contributed by atoms with van der Waals surface area (Å²) in [5.74, 6) is 1.82. The molecular formula is C57H35NO2. The molecule has 0 radical (unpaired) electrons. The average molecular weight is 766 g/mol. The van der Waals surface area contributed by atoms with E-state index in [2.05, 4.69) is 211 Å². The monoisotopic (exact) mass is 765 g/mol. The van der Waals surface area contributed by atoms with E-state index in [9.17, 15) is 0 Å². The number of hydrogen-bond donors (Lipinski definition) is 0. The number of furan rings is 1. The lowest BCUT2D eigenvalue weighted by Crippen LogP contribution is -2.32. The quantitative estimate of drug-likeness (QED) is 0.178. The van der Waals surface area contributed by atoms with Gasteiger partial charge in [-0.25, -0.2) is 0 Å². The minimum absolute atomic E-state index is 0.676. The van der Waals surface area contributed by atoms with Crippen molar-refractivity contribution >= 4 is 60.5 Å². The molecule has 0 amide bonds. The predicted molar refractivity (Wildman–Crippen MR) is 246 cm³/mol. The third-order valence-corrected chi connectivity index (χ3v) is 12.9. The Balaban J connectivity index is 1.14. The molecule has 11 aromatic rings. The molecule has 0 N–H and O–H groups in total. The molecule has 0 bridgehead atoms. The summed E-state index contributed by atoms with van der Waals surface area (Å²) < 4.78 is 13.8. The zero-order chi connectivity index (χ0) is 39.4. The molecule has 0 atom stereocenters. The molecule has 13 rings (SSSR count). The highest BCUT2D eigenvalue weighted by molar-refractivity contribution is 6.13. The third-order valence-electron chi connectivity index (χ3n) is 12.9. The van der Waals surface area contributed by atoms with Crippen LogP contribution in [0, 0.1) is 0 Å². The van der Waals surface area contributed by atoms with Crippen LogP contribution >= 0.6 is 0 Å². The zero-order valence-electron chi connectivity index (χ0n) is 32.5. The number of ether oxygens (including phenoxy) is 1. The smallest absolute Gasteiger partial charge is 0.140 e. The van der Waals surface area contributed by atoms with Crippen LogP contribution in [0.3, 0.4) is 0 Å². The fraction of sp³-hybridized carbons (Fsp3) is 0.0175. The first-order chi connectivity index (χ1) is 29.8. The summed E-state index contributed by atoms with van der Waals surface area (Å²) >= 11 is 0. The fourth-order valence-corrected chi connectivity index (χ4v) is 10.4. The molecule has 0 unspecified atom stereocenters. The zero-order valence-corrected chi connectivity index (χ0v) is 32.5. The van der Waals surface area contributed by atoms with E-state index in [1.807, 2.05) is 6.07 Å². The topological polar surface area (TPSA) is 25.6 Å². The summed E-state index contributed by atoms with van der Waals surface area (Å²) in [5, 5.41) is 6.68. The summed E-state index contributed by atoms with van der Waals surface area (Å²) in [7, 11) is 0. The predicted octanol–water partition coefficient (Wildman–Crippen LogP) is 15.5. The van der Waals surface area contributed by atoms with Gasteiger partial charge in [-0.2, -0.15) is 0 Å². The van der Waals surface area contributed by atoms with E-state index in [1.165, 1.54) is 27.8 Å². The molecule has 2 aliphatic rings. The molecule has 0 fully saturated rings. The lowest BCUT2D eigenvalue weighted by molar-refractivity contribution is 0.447. The Labute approximate surface area is 347 Å². The molecule has 1 aliphatic heterocycles. The van der Waals surface area contributed by atoms with Crippen LogP contribution in [0.1, 0.15) is 22.3 Å². The van der Waals surface area contributed by atoms with Crippen LogP contribution in [0.25, 0.3) is 65.7 Å². The van der Waals surface area contributed by atoms with Gasteiger partial charge in [0.1, 0.15) is 22.7 Å². The van der Waals surface area contributed by atoms with Gasteiger partial charge in [0.05, 0.1) is 16.5 Å². The number of fused-ring (bicyclic) bond motifs is 16. The molecular weight excluding hydrogens is 731 g/mol. The van der Waals surface area contributed by atoms with Gasteiger partial charge in [-0.3, -0.25) is 0 Å². The first kappa shape index (κ1) is 33.1. The van der Waals surface area contributed by atoms with Crippen LogP contribution in [0.4, 0.5) is 17.1 Å². The number of rotatable bonds is 4. The summed E-state index contributed by atoms with van der Waals surface area (Å²) in [6.07, 6.45) is 0. The van der Waals surface area contributed by atoms with Gasteiger partial charge < -0.3 is 14.1 Å². The lowest BCUT2D eigenvalue weighted by atomic mass is 9.65. The maximum absolute atomic E-state index is 7.25. The van der Waals surface area contributed by atoms with Crippen molar-refractivity contribution in [2.24, 2.45) is 0 Å². The molecule has 0 saturated carbocycles. The highest BCUT2D eigenvalue weighted by Crippen LogP contribution is 2.64. The number of nitrogens with zero attached hydrogens (tertiary/aromatic N) is 1. The van der Waals surface area contributed by atoms with Crippen molar-refractivity contribution in [3.05, 3.63) is 235 Å². The van der Waals surface area contributed by atoms with Gasteiger partial charge in [0, 0.05) is 38.7 Å². The van der Waals surface area contributed by atoms with Crippen LogP contribution in [0.5, 0.6) is 11.5 Å². The molecule has 10 aromatic carbocycles. The SMILES string of the molecule is c1ccc(-c2cccc(N(c3ccc4c(c3)C3(c5ccccc5-4)c4ccc5ccccc5c4Oc4c3ccc3ccccc43)c3cccc4oc5ccccc5c34)c2)cc1. The number of anilines is 3. The van der Waals surface area contributed by atoms with Gasteiger partial charge in [-0.05, 0) is 86.6 Å². The van der Waals surface area contributed by atoms with E-state index >= 15 is 0 Å². The summed E-state index contributed by atoms with van der Waals surface area (Å²) in [4.78, 5) is 2.43. The molecule has 3 nitrogen and oxygen atoms in total. The third kappa shape index (κ3) is 4.54. The Hall–Kier alpha value is -7.88. The Bertz CT molecular complexity index is 3460. The van der Waals surface area contributed by atoms with E-state index in [4.69, 9.17) is 9.15 Å². The van der Waals surface area contributed by atoms with Gasteiger partial charge in [0.2, 0.25) is 0 Å². The minimum Gasteiger partial charge on any atom is -0.456 e. The molecule has 280 valence electrons. The van der Waals surface area contributed by atoms with Crippen molar-refractivity contribution in [2.45, 2.75) is 5.41 Å². The Morgan fingerprint density at radius 1 is 0.367 bits per heavy atom. The van der Waals surface area contributed by atoms with Crippen LogP contribution in [-0.2, 0) is 5.41 Å². The molecule has 1 aromatic heterocycles. The van der Waals surface area contributed by atoms with Crippen molar-refractivity contribution in [1.29, 1.82) is 0 Å². The highest BCUT2D eigenvalue weighted by Gasteiger charge is 2.52. The van der Waals surface area contributed by atoms with Gasteiger partial charge >= 0.3 is 0 Å². The number of para-hydroxylation sites is 1. The van der Waals surface area contributed by atoms with Gasteiger partial charge in [-0.1, -0.05) is 170 Å². The van der Waals surface area contributed by atoms with Gasteiger partial charge in [0.25, 0.3) is 0 Å². The molecule has 3 heteroatoms. The second-order valence-corrected chi connectivity index (χ2v) is 16.0. The van der Waals surface area contributed by atoms with E-state index in [1.54, 1.807) is 0 Å². The van der Waals surface area contributed by atoms with Crippen molar-refractivity contribution in [1.82, 2.24) is 0 Å². The van der Waals surface area contributed by atoms with Gasteiger partial charge in [-0.15, -0.1) is 0 Å². The van der Waals surface area contributed by atoms with E-state index in [-0.39, 0.29) is 0 Å². The van der Waals surface area contributed by atoms with Crippen molar-refractivity contribution < 1.29 is 9.15 Å². The van der Waals surface area contributed by atoms with Crippen molar-refractivity contribution in [2.75, 3.05) is 4.90 Å². The Morgan fingerprint density at radius 3 is 1.75 bits per heavy atom. The normalized spacial score (nSPS) is 13.3. The maximum Gasteiger partial charge on any atom is 0.140 e. The highest BCUT2D eigenvalue weighted by atomic mass is 16.5. The van der Waals surface area contributed by atoms with E-state index < -0.39 is 5.41 Å². The number of benzene rings is 10. The molecule has 1 aliphatic carbocycles. The first-order valence-electron chi connectivity index (χ1n) is 20.6. The summed E-state index contributed by atoms with van der Waals surface area (Å²) in [6, 6.07) is 76.8. The minimum atomic E-state index is -0.676.